The second-order valence-electron chi connectivity index (χ2n) is 5.91. The Morgan fingerprint density at radius 2 is 1.88 bits per heavy atom. The maximum Gasteiger partial charge on any atom is 0.119 e. The number of hydrogen-bond donors (Lipinski definition) is 1. The van der Waals surface area contributed by atoms with Crippen molar-refractivity contribution in [3.05, 3.63) is 29.8 Å². The fourth-order valence-electron chi connectivity index (χ4n) is 2.86. The SMILES string of the molecule is CC1(c2ccc(OC3CC3)cc2)CCC(N)C1. The Morgan fingerprint density at radius 1 is 1.18 bits per heavy atom. The Balaban J connectivity index is 1.74. The van der Waals surface area contributed by atoms with Gasteiger partial charge in [0.05, 0.1) is 6.10 Å². The third-order valence-corrected chi connectivity index (χ3v) is 4.16. The Hall–Kier alpha value is -1.02. The van der Waals surface area contributed by atoms with Crippen LogP contribution in [0.1, 0.15) is 44.6 Å². The van der Waals surface area contributed by atoms with Gasteiger partial charge in [0.15, 0.2) is 0 Å². The maximum absolute atomic E-state index is 6.03. The Bertz CT molecular complexity index is 396. The number of rotatable bonds is 3. The van der Waals surface area contributed by atoms with Crippen LogP contribution in [0.4, 0.5) is 0 Å². The van der Waals surface area contributed by atoms with Crippen molar-refractivity contribution in [3.63, 3.8) is 0 Å². The van der Waals surface area contributed by atoms with Crippen LogP contribution in [0, 0.1) is 0 Å². The molecule has 0 aliphatic heterocycles. The lowest BCUT2D eigenvalue weighted by atomic mass is 9.81. The summed E-state index contributed by atoms with van der Waals surface area (Å²) in [4.78, 5) is 0. The number of hydrogen-bond acceptors (Lipinski definition) is 2. The summed E-state index contributed by atoms with van der Waals surface area (Å²) in [6.07, 6.45) is 6.38. The summed E-state index contributed by atoms with van der Waals surface area (Å²) in [6.45, 7) is 2.33. The third kappa shape index (κ3) is 2.32. The zero-order valence-electron chi connectivity index (χ0n) is 10.5. The molecule has 2 aliphatic rings. The molecule has 0 amide bonds. The van der Waals surface area contributed by atoms with E-state index in [1.54, 1.807) is 0 Å². The predicted molar refractivity (Wildman–Crippen MR) is 69.3 cm³/mol. The van der Waals surface area contributed by atoms with E-state index in [-0.39, 0.29) is 5.41 Å². The van der Waals surface area contributed by atoms with Gasteiger partial charge in [0, 0.05) is 6.04 Å². The van der Waals surface area contributed by atoms with E-state index in [4.69, 9.17) is 10.5 Å². The molecular weight excluding hydrogens is 210 g/mol. The second-order valence-corrected chi connectivity index (χ2v) is 5.91. The molecule has 0 aromatic heterocycles. The molecule has 2 N–H and O–H groups in total. The second kappa shape index (κ2) is 4.02. The highest BCUT2D eigenvalue weighted by molar-refractivity contribution is 5.33. The number of benzene rings is 1. The first kappa shape index (κ1) is 11.1. The van der Waals surface area contributed by atoms with Crippen molar-refractivity contribution in [1.29, 1.82) is 0 Å². The van der Waals surface area contributed by atoms with Crippen LogP contribution in [0.2, 0.25) is 0 Å². The van der Waals surface area contributed by atoms with Crippen molar-refractivity contribution in [2.45, 2.75) is 56.6 Å². The van der Waals surface area contributed by atoms with Gasteiger partial charge in [-0.1, -0.05) is 19.1 Å². The minimum atomic E-state index is 0.275. The van der Waals surface area contributed by atoms with Crippen molar-refractivity contribution >= 4 is 0 Å². The van der Waals surface area contributed by atoms with Crippen LogP contribution in [0.5, 0.6) is 5.75 Å². The standard InChI is InChI=1S/C15H21NO/c1-15(9-8-12(16)10-15)11-2-4-13(5-3-11)17-14-6-7-14/h2-5,12,14H,6-10,16H2,1H3. The Morgan fingerprint density at radius 3 is 2.41 bits per heavy atom. The zero-order chi connectivity index (χ0) is 11.9. The van der Waals surface area contributed by atoms with Crippen molar-refractivity contribution in [2.75, 3.05) is 0 Å². The molecule has 2 nitrogen and oxygen atoms in total. The Labute approximate surface area is 103 Å². The molecule has 1 aromatic rings. The van der Waals surface area contributed by atoms with Crippen molar-refractivity contribution in [2.24, 2.45) is 5.73 Å². The van der Waals surface area contributed by atoms with Crippen molar-refractivity contribution < 1.29 is 4.74 Å². The molecule has 1 aromatic carbocycles. The van der Waals surface area contributed by atoms with Crippen LogP contribution in [-0.4, -0.2) is 12.1 Å². The molecule has 2 aliphatic carbocycles. The molecule has 2 saturated carbocycles. The van der Waals surface area contributed by atoms with Crippen molar-refractivity contribution in [3.8, 4) is 5.75 Å². The van der Waals surface area contributed by atoms with Gasteiger partial charge in [-0.05, 0) is 55.2 Å². The first-order valence-electron chi connectivity index (χ1n) is 6.68. The highest BCUT2D eigenvalue weighted by Gasteiger charge is 2.34. The Kier molecular flexibility index (Phi) is 2.62. The van der Waals surface area contributed by atoms with E-state index in [0.717, 1.165) is 18.6 Å². The molecule has 0 heterocycles. The maximum atomic E-state index is 6.03. The van der Waals surface area contributed by atoms with Crippen LogP contribution in [0.15, 0.2) is 24.3 Å². The molecule has 2 unspecified atom stereocenters. The predicted octanol–water partition coefficient (Wildman–Crippen LogP) is 3.00. The first-order valence-corrected chi connectivity index (χ1v) is 6.68. The largest absolute Gasteiger partial charge is 0.490 e. The lowest BCUT2D eigenvalue weighted by Crippen LogP contribution is -2.22. The first-order chi connectivity index (χ1) is 8.16. The van der Waals surface area contributed by atoms with Crippen molar-refractivity contribution in [1.82, 2.24) is 0 Å². The molecule has 2 fully saturated rings. The molecule has 2 atom stereocenters. The van der Waals surface area contributed by atoms with E-state index >= 15 is 0 Å². The van der Waals surface area contributed by atoms with Gasteiger partial charge in [-0.15, -0.1) is 0 Å². The number of nitrogens with two attached hydrogens (primary N) is 1. The van der Waals surface area contributed by atoms with E-state index in [9.17, 15) is 0 Å². The molecule has 0 bridgehead atoms. The molecule has 0 saturated heterocycles. The van der Waals surface area contributed by atoms with Crippen LogP contribution in [0.25, 0.3) is 0 Å². The average Bonchev–Trinajstić information content (AvgIpc) is 3.05. The molecule has 0 radical (unpaired) electrons. The van der Waals surface area contributed by atoms with E-state index < -0.39 is 0 Å². The van der Waals surface area contributed by atoms with Gasteiger partial charge in [-0.2, -0.15) is 0 Å². The van der Waals surface area contributed by atoms with Crippen LogP contribution in [-0.2, 0) is 5.41 Å². The van der Waals surface area contributed by atoms with Gasteiger partial charge in [0.2, 0.25) is 0 Å². The summed E-state index contributed by atoms with van der Waals surface area (Å²) in [5.41, 5.74) is 7.71. The highest BCUT2D eigenvalue weighted by Crippen LogP contribution is 2.40. The quantitative estimate of drug-likeness (QED) is 0.868. The van der Waals surface area contributed by atoms with Crippen LogP contribution >= 0.6 is 0 Å². The smallest absolute Gasteiger partial charge is 0.119 e. The van der Waals surface area contributed by atoms with Gasteiger partial charge in [0.1, 0.15) is 5.75 Å². The fourth-order valence-corrected chi connectivity index (χ4v) is 2.86. The zero-order valence-corrected chi connectivity index (χ0v) is 10.5. The molecule has 92 valence electrons. The summed E-state index contributed by atoms with van der Waals surface area (Å²) < 4.78 is 5.77. The monoisotopic (exact) mass is 231 g/mol. The minimum absolute atomic E-state index is 0.275. The highest BCUT2D eigenvalue weighted by atomic mass is 16.5. The summed E-state index contributed by atoms with van der Waals surface area (Å²) >= 11 is 0. The third-order valence-electron chi connectivity index (χ3n) is 4.16. The lowest BCUT2D eigenvalue weighted by molar-refractivity contribution is 0.303. The van der Waals surface area contributed by atoms with Crippen LogP contribution in [0.3, 0.4) is 0 Å². The van der Waals surface area contributed by atoms with E-state index in [1.807, 2.05) is 0 Å². The molecule has 3 rings (SSSR count). The van der Waals surface area contributed by atoms with Gasteiger partial charge in [-0.3, -0.25) is 0 Å². The normalized spacial score (nSPS) is 32.7. The minimum Gasteiger partial charge on any atom is -0.490 e. The average molecular weight is 231 g/mol. The molecule has 2 heteroatoms. The summed E-state index contributed by atoms with van der Waals surface area (Å²) in [5.74, 6) is 1.02. The summed E-state index contributed by atoms with van der Waals surface area (Å²) in [6, 6.07) is 9.04. The van der Waals surface area contributed by atoms with Gasteiger partial charge >= 0.3 is 0 Å². The molecule has 17 heavy (non-hydrogen) atoms. The van der Waals surface area contributed by atoms with E-state index in [0.29, 0.717) is 12.1 Å². The van der Waals surface area contributed by atoms with Crippen LogP contribution < -0.4 is 10.5 Å². The van der Waals surface area contributed by atoms with Gasteiger partial charge in [-0.25, -0.2) is 0 Å². The van der Waals surface area contributed by atoms with Gasteiger partial charge < -0.3 is 10.5 Å². The van der Waals surface area contributed by atoms with E-state index in [2.05, 4.69) is 31.2 Å². The fraction of sp³-hybridized carbons (Fsp3) is 0.600. The van der Waals surface area contributed by atoms with E-state index in [1.165, 1.54) is 24.8 Å². The summed E-state index contributed by atoms with van der Waals surface area (Å²) in [5, 5.41) is 0. The molecule has 0 spiro atoms. The summed E-state index contributed by atoms with van der Waals surface area (Å²) in [7, 11) is 0. The van der Waals surface area contributed by atoms with Gasteiger partial charge in [0.25, 0.3) is 0 Å². The molecular formula is C15H21NO. The lowest BCUT2D eigenvalue weighted by Gasteiger charge is -2.24. The topological polar surface area (TPSA) is 35.2 Å². The number of ether oxygens (including phenoxy) is 1.